The third-order valence-corrected chi connectivity index (χ3v) is 5.90. The molecule has 0 unspecified atom stereocenters. The number of hydrogen-bond acceptors (Lipinski definition) is 1. The first-order chi connectivity index (χ1) is 9.70. The average molecular weight is 280 g/mol. The molecule has 2 rings (SSSR count). The van der Waals surface area contributed by atoms with Crippen molar-refractivity contribution in [3.8, 4) is 0 Å². The fourth-order valence-corrected chi connectivity index (χ4v) is 4.47. The molecule has 116 valence electrons. The first kappa shape index (κ1) is 15.9. The van der Waals surface area contributed by atoms with E-state index in [2.05, 4.69) is 6.92 Å². The number of unbranched alkanes of at least 4 members (excludes halogenated alkanes) is 2. The van der Waals surface area contributed by atoms with Gasteiger partial charge in [-0.3, -0.25) is 4.79 Å². The van der Waals surface area contributed by atoms with Gasteiger partial charge >= 0.3 is 5.97 Å². The Morgan fingerprint density at radius 2 is 1.45 bits per heavy atom. The molecule has 0 heterocycles. The summed E-state index contributed by atoms with van der Waals surface area (Å²) in [6.45, 7) is 2.28. The zero-order valence-corrected chi connectivity index (χ0v) is 13.2. The topological polar surface area (TPSA) is 37.3 Å². The van der Waals surface area contributed by atoms with Gasteiger partial charge in [0.25, 0.3) is 0 Å². The van der Waals surface area contributed by atoms with E-state index in [0.717, 1.165) is 30.6 Å². The monoisotopic (exact) mass is 280 g/mol. The number of carbonyl (C=O) groups is 1. The molecule has 0 aromatic rings. The van der Waals surface area contributed by atoms with Gasteiger partial charge in [0.05, 0.1) is 5.92 Å². The van der Waals surface area contributed by atoms with Crippen molar-refractivity contribution >= 4 is 5.97 Å². The highest BCUT2D eigenvalue weighted by Gasteiger charge is 2.32. The van der Waals surface area contributed by atoms with Crippen molar-refractivity contribution in [2.45, 2.75) is 84.0 Å². The Kier molecular flexibility index (Phi) is 6.38. The highest BCUT2D eigenvalue weighted by molar-refractivity contribution is 5.69. The van der Waals surface area contributed by atoms with Crippen molar-refractivity contribution < 1.29 is 9.90 Å². The second kappa shape index (κ2) is 8.05. The lowest BCUT2D eigenvalue weighted by Gasteiger charge is -2.37. The first-order valence-electron chi connectivity index (χ1n) is 8.93. The number of hydrogen-bond donors (Lipinski definition) is 1. The van der Waals surface area contributed by atoms with Crippen LogP contribution in [0.15, 0.2) is 0 Å². The van der Waals surface area contributed by atoms with Gasteiger partial charge in [-0.1, -0.05) is 45.4 Å². The quantitative estimate of drug-likeness (QED) is 0.673. The smallest absolute Gasteiger partial charge is 0.306 e. The molecule has 0 aromatic carbocycles. The summed E-state index contributed by atoms with van der Waals surface area (Å²) in [5.41, 5.74) is 0. The van der Waals surface area contributed by atoms with Gasteiger partial charge in [-0.05, 0) is 56.3 Å². The SMILES string of the molecule is CCCCCC1CCC([C@H]2CC[C@H](C(=O)O)CC2)CC1. The normalized spacial score (nSPS) is 34.9. The van der Waals surface area contributed by atoms with Crippen LogP contribution in [-0.2, 0) is 4.79 Å². The summed E-state index contributed by atoms with van der Waals surface area (Å²) in [7, 11) is 0. The van der Waals surface area contributed by atoms with Crippen LogP contribution in [0.3, 0.4) is 0 Å². The molecule has 2 saturated carbocycles. The minimum Gasteiger partial charge on any atom is -0.481 e. The van der Waals surface area contributed by atoms with Crippen LogP contribution in [0.5, 0.6) is 0 Å². The van der Waals surface area contributed by atoms with Crippen LogP contribution in [-0.4, -0.2) is 11.1 Å². The Morgan fingerprint density at radius 1 is 0.900 bits per heavy atom. The molecule has 0 radical (unpaired) electrons. The summed E-state index contributed by atoms with van der Waals surface area (Å²) in [4.78, 5) is 11.0. The predicted octanol–water partition coefficient (Wildman–Crippen LogP) is 5.26. The molecule has 0 aromatic heterocycles. The third-order valence-electron chi connectivity index (χ3n) is 5.90. The minimum atomic E-state index is -0.567. The van der Waals surface area contributed by atoms with Gasteiger partial charge in [0.15, 0.2) is 0 Å². The summed E-state index contributed by atoms with van der Waals surface area (Å²) in [5.74, 6) is 2.13. The number of carboxylic acids is 1. The van der Waals surface area contributed by atoms with E-state index in [0.29, 0.717) is 0 Å². The van der Waals surface area contributed by atoms with Crippen molar-refractivity contribution in [1.82, 2.24) is 0 Å². The Morgan fingerprint density at radius 3 is 1.95 bits per heavy atom. The molecule has 20 heavy (non-hydrogen) atoms. The fourth-order valence-electron chi connectivity index (χ4n) is 4.47. The van der Waals surface area contributed by atoms with Crippen LogP contribution >= 0.6 is 0 Å². The van der Waals surface area contributed by atoms with Gasteiger partial charge in [0, 0.05) is 0 Å². The molecule has 2 nitrogen and oxygen atoms in total. The van der Waals surface area contributed by atoms with Gasteiger partial charge in [0.1, 0.15) is 0 Å². The maximum absolute atomic E-state index is 11.0. The lowest BCUT2D eigenvalue weighted by Crippen LogP contribution is -2.28. The number of aliphatic carboxylic acids is 1. The maximum Gasteiger partial charge on any atom is 0.306 e. The molecule has 0 spiro atoms. The summed E-state index contributed by atoms with van der Waals surface area (Å²) >= 11 is 0. The van der Waals surface area contributed by atoms with Crippen molar-refractivity contribution in [2.24, 2.45) is 23.7 Å². The Labute approximate surface area is 124 Å². The summed E-state index contributed by atoms with van der Waals surface area (Å²) in [5, 5.41) is 9.07. The Hall–Kier alpha value is -0.530. The van der Waals surface area contributed by atoms with Crippen molar-refractivity contribution in [3.05, 3.63) is 0 Å². The molecule has 0 bridgehead atoms. The van der Waals surface area contributed by atoms with E-state index in [1.807, 2.05) is 0 Å². The molecule has 2 aliphatic carbocycles. The van der Waals surface area contributed by atoms with Gasteiger partial charge in [-0.25, -0.2) is 0 Å². The Bertz CT molecular complexity index is 284. The molecule has 0 saturated heterocycles. The highest BCUT2D eigenvalue weighted by Crippen LogP contribution is 2.42. The number of carboxylic acid groups (broad SMARTS) is 1. The van der Waals surface area contributed by atoms with Gasteiger partial charge < -0.3 is 5.11 Å². The van der Waals surface area contributed by atoms with Gasteiger partial charge in [-0.2, -0.15) is 0 Å². The van der Waals surface area contributed by atoms with Crippen molar-refractivity contribution in [2.75, 3.05) is 0 Å². The average Bonchev–Trinajstić information content (AvgIpc) is 2.48. The molecule has 1 N–H and O–H groups in total. The fraction of sp³-hybridized carbons (Fsp3) is 0.944. The second-order valence-corrected chi connectivity index (χ2v) is 7.23. The van der Waals surface area contributed by atoms with Crippen LogP contribution in [0, 0.1) is 23.7 Å². The lowest BCUT2D eigenvalue weighted by molar-refractivity contribution is -0.143. The van der Waals surface area contributed by atoms with E-state index in [-0.39, 0.29) is 5.92 Å². The summed E-state index contributed by atoms with van der Waals surface area (Å²) in [6.07, 6.45) is 15.5. The van der Waals surface area contributed by atoms with Crippen molar-refractivity contribution in [3.63, 3.8) is 0 Å². The lowest BCUT2D eigenvalue weighted by atomic mass is 9.68. The standard InChI is InChI=1S/C18H32O2/c1-2-3-4-5-14-6-8-15(9-7-14)16-10-12-17(13-11-16)18(19)20/h14-17H,2-13H2,1H3,(H,19,20)/t14?,15?,16-,17-. The minimum absolute atomic E-state index is 0.0448. The zero-order chi connectivity index (χ0) is 14.4. The third kappa shape index (κ3) is 4.49. The van der Waals surface area contributed by atoms with E-state index < -0.39 is 5.97 Å². The van der Waals surface area contributed by atoms with Crippen LogP contribution in [0.25, 0.3) is 0 Å². The van der Waals surface area contributed by atoms with E-state index in [1.54, 1.807) is 0 Å². The summed E-state index contributed by atoms with van der Waals surface area (Å²) in [6, 6.07) is 0. The highest BCUT2D eigenvalue weighted by atomic mass is 16.4. The second-order valence-electron chi connectivity index (χ2n) is 7.23. The van der Waals surface area contributed by atoms with Gasteiger partial charge in [0.2, 0.25) is 0 Å². The number of rotatable bonds is 6. The van der Waals surface area contributed by atoms with E-state index in [4.69, 9.17) is 5.11 Å². The summed E-state index contributed by atoms with van der Waals surface area (Å²) < 4.78 is 0. The van der Waals surface area contributed by atoms with E-state index in [1.165, 1.54) is 64.2 Å². The largest absolute Gasteiger partial charge is 0.481 e. The van der Waals surface area contributed by atoms with E-state index >= 15 is 0 Å². The van der Waals surface area contributed by atoms with E-state index in [9.17, 15) is 4.79 Å². The Balaban J connectivity index is 1.65. The molecule has 2 aliphatic rings. The van der Waals surface area contributed by atoms with Crippen LogP contribution in [0.1, 0.15) is 84.0 Å². The molecule has 0 atom stereocenters. The van der Waals surface area contributed by atoms with Crippen LogP contribution in [0.4, 0.5) is 0 Å². The molecule has 0 amide bonds. The molecule has 2 fully saturated rings. The van der Waals surface area contributed by atoms with Crippen LogP contribution < -0.4 is 0 Å². The van der Waals surface area contributed by atoms with Crippen molar-refractivity contribution in [1.29, 1.82) is 0 Å². The predicted molar refractivity (Wildman–Crippen MR) is 82.7 cm³/mol. The van der Waals surface area contributed by atoms with Gasteiger partial charge in [-0.15, -0.1) is 0 Å². The zero-order valence-electron chi connectivity index (χ0n) is 13.2. The molecule has 2 heteroatoms. The maximum atomic E-state index is 11.0. The first-order valence-corrected chi connectivity index (χ1v) is 8.93. The molecular formula is C18H32O2. The molecule has 0 aliphatic heterocycles. The van der Waals surface area contributed by atoms with Crippen LogP contribution in [0.2, 0.25) is 0 Å². The molecular weight excluding hydrogens is 248 g/mol.